The maximum Gasteiger partial charge on any atom is 0.251 e. The number of carbonyl (C=O) groups excluding carboxylic acids is 1. The molecule has 0 unspecified atom stereocenters. The minimum Gasteiger partial charge on any atom is -0.378 e. The van der Waals surface area contributed by atoms with Crippen LogP contribution in [0.25, 0.3) is 0 Å². The van der Waals surface area contributed by atoms with E-state index < -0.39 is 0 Å². The molecule has 1 aliphatic carbocycles. The molecule has 1 amide bonds. The summed E-state index contributed by atoms with van der Waals surface area (Å²) in [7, 11) is 0. The molecule has 232 valence electrons. The van der Waals surface area contributed by atoms with E-state index >= 15 is 0 Å². The molecule has 0 saturated heterocycles. The van der Waals surface area contributed by atoms with Crippen molar-refractivity contribution in [3.8, 4) is 0 Å². The van der Waals surface area contributed by atoms with Crippen molar-refractivity contribution in [2.24, 2.45) is 11.7 Å². The number of rotatable bonds is 18. The average molecular weight is 595 g/mol. The van der Waals surface area contributed by atoms with Gasteiger partial charge in [-0.05, 0) is 54.2 Å². The molecule has 43 heavy (non-hydrogen) atoms. The van der Waals surface area contributed by atoms with Gasteiger partial charge in [0.05, 0.1) is 26.4 Å². The summed E-state index contributed by atoms with van der Waals surface area (Å²) < 4.78 is 24.0. The first-order valence-corrected chi connectivity index (χ1v) is 15.0. The van der Waals surface area contributed by atoms with E-state index in [9.17, 15) is 9.18 Å². The van der Waals surface area contributed by atoms with Crippen LogP contribution >= 0.6 is 0 Å². The fourth-order valence-corrected chi connectivity index (χ4v) is 4.72. The number of carbonyl (C=O) groups is 1. The lowest BCUT2D eigenvalue weighted by molar-refractivity contribution is 0.0511. The second kappa shape index (κ2) is 17.9. The minimum atomic E-state index is -0.274. The summed E-state index contributed by atoms with van der Waals surface area (Å²) in [6.07, 6.45) is 6.27. The zero-order valence-electron chi connectivity index (χ0n) is 24.6. The van der Waals surface area contributed by atoms with Gasteiger partial charge in [0, 0.05) is 38.3 Å². The van der Waals surface area contributed by atoms with Crippen LogP contribution in [0.3, 0.4) is 0 Å². The van der Waals surface area contributed by atoms with Crippen LogP contribution in [0.4, 0.5) is 22.2 Å². The Kier molecular flexibility index (Phi) is 13.4. The van der Waals surface area contributed by atoms with Crippen LogP contribution in [0, 0.1) is 11.7 Å². The van der Waals surface area contributed by atoms with Crippen LogP contribution in [0.2, 0.25) is 0 Å². The fraction of sp³-hybridized carbons (Fsp3) is 0.484. The zero-order chi connectivity index (χ0) is 30.1. The van der Waals surface area contributed by atoms with Crippen molar-refractivity contribution in [3.63, 3.8) is 0 Å². The van der Waals surface area contributed by atoms with Crippen molar-refractivity contribution in [3.05, 3.63) is 71.0 Å². The molecule has 0 radical (unpaired) electrons. The highest BCUT2D eigenvalue weighted by Gasteiger charge is 2.15. The van der Waals surface area contributed by atoms with E-state index in [1.807, 2.05) is 12.1 Å². The first-order valence-electron chi connectivity index (χ1n) is 15.0. The van der Waals surface area contributed by atoms with Gasteiger partial charge in [-0.3, -0.25) is 4.79 Å². The van der Waals surface area contributed by atoms with Crippen molar-refractivity contribution >= 4 is 23.8 Å². The van der Waals surface area contributed by atoms with Gasteiger partial charge >= 0.3 is 0 Å². The number of hydrogen-bond acceptors (Lipinski definition) is 10. The monoisotopic (exact) mass is 594 g/mol. The van der Waals surface area contributed by atoms with Gasteiger partial charge in [-0.15, -0.1) is 0 Å². The number of nitrogens with two attached hydrogens (primary N) is 1. The van der Waals surface area contributed by atoms with Crippen LogP contribution in [0.5, 0.6) is 0 Å². The molecule has 6 N–H and O–H groups in total. The quantitative estimate of drug-likeness (QED) is 0.137. The Bertz CT molecular complexity index is 1240. The zero-order valence-corrected chi connectivity index (χ0v) is 24.6. The maximum absolute atomic E-state index is 13.3. The van der Waals surface area contributed by atoms with Crippen LogP contribution in [-0.4, -0.2) is 66.9 Å². The van der Waals surface area contributed by atoms with E-state index in [1.54, 1.807) is 24.3 Å². The normalized spacial score (nSPS) is 13.4. The van der Waals surface area contributed by atoms with Gasteiger partial charge in [-0.1, -0.05) is 43.5 Å². The summed E-state index contributed by atoms with van der Waals surface area (Å²) in [5.74, 6) is 1.53. The summed E-state index contributed by atoms with van der Waals surface area (Å²) in [5, 5.41) is 12.8. The van der Waals surface area contributed by atoms with E-state index in [1.165, 1.54) is 44.2 Å². The van der Waals surface area contributed by atoms with E-state index in [-0.39, 0.29) is 11.7 Å². The lowest BCUT2D eigenvalue weighted by Gasteiger charge is -2.21. The predicted molar refractivity (Wildman–Crippen MR) is 165 cm³/mol. The smallest absolute Gasteiger partial charge is 0.251 e. The first kappa shape index (κ1) is 32.1. The van der Waals surface area contributed by atoms with Gasteiger partial charge in [0.2, 0.25) is 17.8 Å². The highest BCUT2D eigenvalue weighted by atomic mass is 19.1. The molecule has 0 atom stereocenters. The Balaban J connectivity index is 1.29. The molecule has 11 nitrogen and oxygen atoms in total. The number of nitrogens with zero attached hydrogens (tertiary/aromatic N) is 3. The van der Waals surface area contributed by atoms with Crippen LogP contribution in [0.15, 0.2) is 48.5 Å². The molecular formula is C31H43FN8O3. The third-order valence-corrected chi connectivity index (χ3v) is 7.11. The molecule has 1 saturated carbocycles. The van der Waals surface area contributed by atoms with Crippen molar-refractivity contribution in [1.82, 2.24) is 20.3 Å². The van der Waals surface area contributed by atoms with Crippen LogP contribution < -0.4 is 27.0 Å². The topological polar surface area (TPSA) is 148 Å². The van der Waals surface area contributed by atoms with E-state index in [0.717, 1.165) is 17.7 Å². The molecule has 1 aliphatic rings. The number of halogens is 1. The number of nitrogens with one attached hydrogen (secondary N) is 4. The number of benzene rings is 2. The Morgan fingerprint density at radius 1 is 0.767 bits per heavy atom. The van der Waals surface area contributed by atoms with Gasteiger partial charge in [-0.2, -0.15) is 15.0 Å². The second-order valence-corrected chi connectivity index (χ2v) is 10.5. The van der Waals surface area contributed by atoms with Crippen molar-refractivity contribution in [2.45, 2.75) is 45.2 Å². The molecule has 0 aliphatic heterocycles. The summed E-state index contributed by atoms with van der Waals surface area (Å²) >= 11 is 0. The number of ether oxygens (including phenoxy) is 2. The highest BCUT2D eigenvalue weighted by Crippen LogP contribution is 2.24. The SMILES string of the molecule is NCCOCCOCCNC(=O)c1ccc(CNc2nc(NCc3ccc(F)cc3)nc(NCC3CCCCC3)n2)cc1. The molecule has 2 aromatic carbocycles. The van der Waals surface area contributed by atoms with Crippen LogP contribution in [-0.2, 0) is 22.6 Å². The molecule has 3 aromatic rings. The third kappa shape index (κ3) is 11.7. The second-order valence-electron chi connectivity index (χ2n) is 10.5. The van der Waals surface area contributed by atoms with Gasteiger partial charge in [0.1, 0.15) is 5.82 Å². The first-order chi connectivity index (χ1) is 21.1. The summed E-state index contributed by atoms with van der Waals surface area (Å²) in [6.45, 7) is 4.49. The summed E-state index contributed by atoms with van der Waals surface area (Å²) in [6, 6.07) is 13.7. The molecular weight excluding hydrogens is 551 g/mol. The molecule has 0 bridgehead atoms. The van der Waals surface area contributed by atoms with Crippen molar-refractivity contribution < 1.29 is 18.7 Å². The molecule has 4 rings (SSSR count). The number of anilines is 3. The molecule has 1 fully saturated rings. The summed E-state index contributed by atoms with van der Waals surface area (Å²) in [4.78, 5) is 26.2. The standard InChI is InChI=1S/C31H43FN8O3/c32-27-12-8-25(9-13-27)22-37-31-39-29(35-20-23-4-2-1-3-5-23)38-30(40-31)36-21-24-6-10-26(11-7-24)28(41)34-15-17-43-19-18-42-16-14-33/h6-13,23H,1-5,14-22,33H2,(H,34,41)(H3,35,36,37,38,39,40). The fourth-order valence-electron chi connectivity index (χ4n) is 4.72. The largest absolute Gasteiger partial charge is 0.378 e. The molecule has 1 heterocycles. The Hall–Kier alpha value is -3.87. The van der Waals surface area contributed by atoms with Crippen molar-refractivity contribution in [2.75, 3.05) is 62.0 Å². The van der Waals surface area contributed by atoms with Crippen molar-refractivity contribution in [1.29, 1.82) is 0 Å². The lowest BCUT2D eigenvalue weighted by atomic mass is 9.89. The van der Waals surface area contributed by atoms with E-state index in [2.05, 4.69) is 36.2 Å². The van der Waals surface area contributed by atoms with E-state index in [4.69, 9.17) is 15.2 Å². The minimum absolute atomic E-state index is 0.162. The number of hydrogen-bond donors (Lipinski definition) is 5. The van der Waals surface area contributed by atoms with E-state index in [0.29, 0.717) is 81.9 Å². The molecule has 0 spiro atoms. The Morgan fingerprint density at radius 2 is 1.33 bits per heavy atom. The van der Waals surface area contributed by atoms with Gasteiger partial charge in [0.15, 0.2) is 0 Å². The highest BCUT2D eigenvalue weighted by molar-refractivity contribution is 5.94. The summed E-state index contributed by atoms with van der Waals surface area (Å²) in [5.41, 5.74) is 7.82. The molecule has 1 aromatic heterocycles. The average Bonchev–Trinajstić information content (AvgIpc) is 3.04. The number of amides is 1. The van der Waals surface area contributed by atoms with Gasteiger partial charge in [0.25, 0.3) is 5.91 Å². The van der Waals surface area contributed by atoms with Gasteiger partial charge < -0.3 is 36.5 Å². The van der Waals surface area contributed by atoms with Gasteiger partial charge in [-0.25, -0.2) is 4.39 Å². The lowest BCUT2D eigenvalue weighted by Crippen LogP contribution is -2.27. The third-order valence-electron chi connectivity index (χ3n) is 7.11. The van der Waals surface area contributed by atoms with Crippen LogP contribution in [0.1, 0.15) is 53.6 Å². The number of aromatic nitrogens is 3. The molecule has 12 heteroatoms. The Morgan fingerprint density at radius 3 is 1.93 bits per heavy atom. The maximum atomic E-state index is 13.3. The predicted octanol–water partition coefficient (Wildman–Crippen LogP) is 3.95. The Labute approximate surface area is 252 Å².